The molecule has 0 saturated heterocycles. The molecule has 1 aliphatic rings. The van der Waals surface area contributed by atoms with Crippen LogP contribution >= 0.6 is 0 Å². The molecule has 7 nitrogen and oxygen atoms in total. The normalized spacial score (nSPS) is 16.1. The number of hydrogen-bond donors (Lipinski definition) is 2. The highest BCUT2D eigenvalue weighted by Crippen LogP contribution is 2.32. The Balaban J connectivity index is 2.04. The Morgan fingerprint density at radius 1 is 1.03 bits per heavy atom. The minimum Gasteiger partial charge on any atom is -0.349 e. The highest BCUT2D eigenvalue weighted by atomic mass is 19.4. The Morgan fingerprint density at radius 2 is 1.65 bits per heavy atom. The van der Waals surface area contributed by atoms with Crippen LogP contribution in [0.5, 0.6) is 0 Å². The summed E-state index contributed by atoms with van der Waals surface area (Å²) in [6.45, 7) is 5.21. The fourth-order valence-electron chi connectivity index (χ4n) is 4.00. The Morgan fingerprint density at radius 3 is 2.18 bits per heavy atom. The number of alkyl halides is 3. The SMILES string of the molecule is CC(C)(C)NC(=O)c1cn(C2CCCCC2)cc(C(=O)N[C@@H](c2ccccn2)C(F)(F)F)c1=O. The van der Waals surface area contributed by atoms with Gasteiger partial charge in [0.1, 0.15) is 11.1 Å². The van der Waals surface area contributed by atoms with E-state index < -0.39 is 46.3 Å². The molecule has 2 heterocycles. The van der Waals surface area contributed by atoms with Crippen LogP contribution in [0.2, 0.25) is 0 Å². The molecule has 0 bridgehead atoms. The van der Waals surface area contributed by atoms with Gasteiger partial charge in [0.05, 0.1) is 5.69 Å². The summed E-state index contributed by atoms with van der Waals surface area (Å²) in [5, 5.41) is 4.59. The zero-order valence-corrected chi connectivity index (χ0v) is 19.4. The first-order valence-electron chi connectivity index (χ1n) is 11.2. The number of aromatic nitrogens is 2. The highest BCUT2D eigenvalue weighted by molar-refractivity contribution is 5.99. The van der Waals surface area contributed by atoms with E-state index in [0.717, 1.165) is 38.2 Å². The number of pyridine rings is 2. The summed E-state index contributed by atoms with van der Waals surface area (Å²) in [5.74, 6) is -1.90. The molecule has 3 rings (SSSR count). The zero-order valence-electron chi connectivity index (χ0n) is 19.4. The predicted molar refractivity (Wildman–Crippen MR) is 121 cm³/mol. The lowest BCUT2D eigenvalue weighted by Crippen LogP contribution is -2.44. The molecule has 1 aliphatic carbocycles. The van der Waals surface area contributed by atoms with Crippen molar-refractivity contribution in [3.63, 3.8) is 0 Å². The molecule has 0 unspecified atom stereocenters. The molecule has 2 aromatic heterocycles. The molecule has 2 amide bonds. The number of hydrogen-bond acceptors (Lipinski definition) is 4. The maximum Gasteiger partial charge on any atom is 0.414 e. The van der Waals surface area contributed by atoms with Crippen LogP contribution < -0.4 is 16.1 Å². The standard InChI is InChI=1S/C24H29F3N4O3/c1-23(2,3)30-22(34)17-14-31(15-9-5-4-6-10-15)13-16(19(17)32)21(33)29-20(24(25,26)27)18-11-7-8-12-28-18/h7-8,11-15,20H,4-6,9-10H2,1-3H3,(H,29,33)(H,30,34)/t20-/m0/s1. The van der Waals surface area contributed by atoms with Crippen LogP contribution in [0, 0.1) is 0 Å². The van der Waals surface area contributed by atoms with Crippen molar-refractivity contribution in [3.8, 4) is 0 Å². The van der Waals surface area contributed by atoms with Crippen molar-refractivity contribution < 1.29 is 22.8 Å². The molecular formula is C24H29F3N4O3. The van der Waals surface area contributed by atoms with Gasteiger partial charge >= 0.3 is 6.18 Å². The number of halogens is 3. The number of carbonyl (C=O) groups excluding carboxylic acids is 2. The van der Waals surface area contributed by atoms with Crippen LogP contribution in [-0.2, 0) is 0 Å². The first-order valence-corrected chi connectivity index (χ1v) is 11.2. The van der Waals surface area contributed by atoms with Crippen LogP contribution in [0.25, 0.3) is 0 Å². The molecule has 0 radical (unpaired) electrons. The fraction of sp³-hybridized carbons (Fsp3) is 0.500. The van der Waals surface area contributed by atoms with Crippen molar-refractivity contribution >= 4 is 11.8 Å². The maximum atomic E-state index is 13.7. The number of nitrogens with zero attached hydrogens (tertiary/aromatic N) is 2. The number of rotatable bonds is 5. The van der Waals surface area contributed by atoms with Crippen LogP contribution in [0.3, 0.4) is 0 Å². The third kappa shape index (κ3) is 6.24. The monoisotopic (exact) mass is 478 g/mol. The van der Waals surface area contributed by atoms with Crippen LogP contribution in [0.1, 0.15) is 91.4 Å². The van der Waals surface area contributed by atoms with Crippen molar-refractivity contribution in [2.24, 2.45) is 0 Å². The first kappa shape index (κ1) is 25.5. The second-order valence-corrected chi connectivity index (χ2v) is 9.56. The molecule has 2 N–H and O–H groups in total. The minimum absolute atomic E-state index is 0.0590. The molecule has 184 valence electrons. The molecule has 1 fully saturated rings. The summed E-state index contributed by atoms with van der Waals surface area (Å²) in [6.07, 6.45) is 3.51. The van der Waals surface area contributed by atoms with Gasteiger partial charge in [-0.25, -0.2) is 0 Å². The molecule has 1 saturated carbocycles. The third-order valence-electron chi connectivity index (χ3n) is 5.61. The smallest absolute Gasteiger partial charge is 0.349 e. The lowest BCUT2D eigenvalue weighted by Gasteiger charge is -2.27. The summed E-state index contributed by atoms with van der Waals surface area (Å²) in [7, 11) is 0. The van der Waals surface area contributed by atoms with Gasteiger partial charge in [-0.3, -0.25) is 19.4 Å². The van der Waals surface area contributed by atoms with Crippen molar-refractivity contribution in [2.75, 3.05) is 0 Å². The second kappa shape index (κ2) is 9.99. The average molecular weight is 479 g/mol. The van der Waals surface area contributed by atoms with Crippen molar-refractivity contribution in [1.82, 2.24) is 20.2 Å². The van der Waals surface area contributed by atoms with Crippen LogP contribution in [0.4, 0.5) is 13.2 Å². The zero-order chi connectivity index (χ0) is 25.1. The van der Waals surface area contributed by atoms with Crippen molar-refractivity contribution in [3.05, 3.63) is 63.8 Å². The molecule has 2 aromatic rings. The molecule has 0 aliphatic heterocycles. The van der Waals surface area contributed by atoms with E-state index in [4.69, 9.17) is 0 Å². The van der Waals surface area contributed by atoms with Gasteiger partial charge in [-0.1, -0.05) is 25.3 Å². The van der Waals surface area contributed by atoms with E-state index in [9.17, 15) is 27.6 Å². The van der Waals surface area contributed by atoms with Gasteiger partial charge < -0.3 is 15.2 Å². The van der Waals surface area contributed by atoms with Crippen LogP contribution in [0.15, 0.2) is 41.6 Å². The maximum absolute atomic E-state index is 13.7. The third-order valence-corrected chi connectivity index (χ3v) is 5.61. The quantitative estimate of drug-likeness (QED) is 0.670. The molecule has 10 heteroatoms. The van der Waals surface area contributed by atoms with Gasteiger partial charge in [0.2, 0.25) is 5.43 Å². The van der Waals surface area contributed by atoms with Crippen molar-refractivity contribution in [1.29, 1.82) is 0 Å². The molecular weight excluding hydrogens is 449 g/mol. The van der Waals surface area contributed by atoms with E-state index in [1.54, 1.807) is 25.3 Å². The molecule has 1 atom stereocenters. The minimum atomic E-state index is -4.84. The van der Waals surface area contributed by atoms with E-state index >= 15 is 0 Å². The largest absolute Gasteiger partial charge is 0.414 e. The van der Waals surface area contributed by atoms with E-state index in [0.29, 0.717) is 0 Å². The highest BCUT2D eigenvalue weighted by Gasteiger charge is 2.43. The first-order chi connectivity index (χ1) is 15.9. The lowest BCUT2D eigenvalue weighted by molar-refractivity contribution is -0.156. The van der Waals surface area contributed by atoms with Gasteiger partial charge in [0, 0.05) is 30.2 Å². The van der Waals surface area contributed by atoms with E-state index in [-0.39, 0.29) is 11.6 Å². The Kier molecular flexibility index (Phi) is 7.48. The fourth-order valence-corrected chi connectivity index (χ4v) is 4.00. The van der Waals surface area contributed by atoms with Gasteiger partial charge in [-0.05, 0) is 45.7 Å². The van der Waals surface area contributed by atoms with Gasteiger partial charge in [-0.2, -0.15) is 13.2 Å². The lowest BCUT2D eigenvalue weighted by atomic mass is 9.95. The Hall–Kier alpha value is -3.17. The number of amides is 2. The van der Waals surface area contributed by atoms with Crippen molar-refractivity contribution in [2.45, 2.75) is 76.7 Å². The van der Waals surface area contributed by atoms with Gasteiger partial charge in [0.25, 0.3) is 11.8 Å². The topological polar surface area (TPSA) is 93.1 Å². The molecule has 0 aromatic carbocycles. The van der Waals surface area contributed by atoms with Gasteiger partial charge in [0.15, 0.2) is 6.04 Å². The second-order valence-electron chi connectivity index (χ2n) is 9.56. The summed E-state index contributed by atoms with van der Waals surface area (Å²) in [5.41, 5.74) is -2.78. The average Bonchev–Trinajstić information content (AvgIpc) is 2.76. The summed E-state index contributed by atoms with van der Waals surface area (Å²) in [6, 6.07) is 1.51. The summed E-state index contributed by atoms with van der Waals surface area (Å²) < 4.78 is 42.9. The van der Waals surface area contributed by atoms with Crippen LogP contribution in [-0.4, -0.2) is 33.1 Å². The van der Waals surface area contributed by atoms with E-state index in [2.05, 4.69) is 10.3 Å². The number of carbonyl (C=O) groups is 2. The molecule has 34 heavy (non-hydrogen) atoms. The van der Waals surface area contributed by atoms with E-state index in [1.165, 1.54) is 30.7 Å². The Bertz CT molecular complexity index is 1090. The summed E-state index contributed by atoms with van der Waals surface area (Å²) in [4.78, 5) is 42.7. The summed E-state index contributed by atoms with van der Waals surface area (Å²) >= 11 is 0. The van der Waals surface area contributed by atoms with E-state index in [1.807, 2.05) is 5.32 Å². The Labute approximate surface area is 195 Å². The predicted octanol–water partition coefficient (Wildman–Crippen LogP) is 4.31. The van der Waals surface area contributed by atoms with Gasteiger partial charge in [-0.15, -0.1) is 0 Å². The molecule has 0 spiro atoms. The number of nitrogens with one attached hydrogen (secondary N) is 2.